The van der Waals surface area contributed by atoms with Crippen LogP contribution in [0.4, 0.5) is 0 Å². The van der Waals surface area contributed by atoms with Gasteiger partial charge in [0.15, 0.2) is 0 Å². The largest absolute Gasteiger partial charge is 0.342 e. The third-order valence-corrected chi connectivity index (χ3v) is 9.28. The molecule has 3 N–H and O–H groups in total. The second kappa shape index (κ2) is 14.8. The van der Waals surface area contributed by atoms with Gasteiger partial charge in [0, 0.05) is 18.0 Å². The predicted octanol–water partition coefficient (Wildman–Crippen LogP) is 3.89. The number of nitrogens with zero attached hydrogens (tertiary/aromatic N) is 2. The van der Waals surface area contributed by atoms with Crippen LogP contribution in [0.1, 0.15) is 66.5 Å². The smallest absolute Gasteiger partial charge is 0.264 e. The molecule has 0 radical (unpaired) electrons. The summed E-state index contributed by atoms with van der Waals surface area (Å²) < 4.78 is 27.7. The molecule has 11 heteroatoms. The molecular weight excluding hydrogens is 590 g/mol. The minimum Gasteiger partial charge on any atom is -0.342 e. The van der Waals surface area contributed by atoms with Crippen molar-refractivity contribution in [2.75, 3.05) is 14.1 Å². The lowest BCUT2D eigenvalue weighted by molar-refractivity contribution is -0.140. The number of nitriles is 1. The summed E-state index contributed by atoms with van der Waals surface area (Å²) in [6.45, 7) is 14.8. The molecule has 0 fully saturated rings. The molecule has 3 unspecified atom stereocenters. The molecule has 3 atom stereocenters. The lowest BCUT2D eigenvalue weighted by Gasteiger charge is -2.40. The van der Waals surface area contributed by atoms with Crippen molar-refractivity contribution in [2.45, 2.75) is 83.8 Å². The lowest BCUT2D eigenvalue weighted by atomic mass is 9.76. The van der Waals surface area contributed by atoms with Gasteiger partial charge in [-0.2, -0.15) is 5.26 Å². The topological polar surface area (TPSA) is 148 Å². The summed E-state index contributed by atoms with van der Waals surface area (Å²) in [6.07, 6.45) is 1.55. The highest BCUT2D eigenvalue weighted by molar-refractivity contribution is 7.90. The van der Waals surface area contributed by atoms with E-state index in [0.29, 0.717) is 0 Å². The molecule has 0 saturated carbocycles. The van der Waals surface area contributed by atoms with Gasteiger partial charge in [0.1, 0.15) is 6.04 Å². The molecule has 2 rings (SSSR count). The normalized spacial score (nSPS) is 14.6. The first-order chi connectivity index (χ1) is 20.8. The molecule has 2 aromatic carbocycles. The Morgan fingerprint density at radius 2 is 1.56 bits per heavy atom. The number of carbonyl (C=O) groups excluding carboxylic acids is 3. The van der Waals surface area contributed by atoms with Crippen LogP contribution in [-0.2, 0) is 29.8 Å². The number of likely N-dealkylation sites (N-methyl/N-ethyl adjacent to an activating group) is 2. The Hall–Kier alpha value is -4.01. The van der Waals surface area contributed by atoms with E-state index in [0.717, 1.165) is 5.56 Å². The minimum atomic E-state index is -4.24. The second-order valence-electron chi connectivity index (χ2n) is 13.2. The molecule has 45 heavy (non-hydrogen) atoms. The summed E-state index contributed by atoms with van der Waals surface area (Å²) in [5.41, 5.74) is -0.0671. The maximum atomic E-state index is 14.1. The van der Waals surface area contributed by atoms with E-state index in [1.54, 1.807) is 20.2 Å². The molecule has 0 aromatic heterocycles. The average Bonchev–Trinajstić information content (AvgIpc) is 2.97. The summed E-state index contributed by atoms with van der Waals surface area (Å²) in [7, 11) is -0.929. The number of hydrogen-bond donors (Lipinski definition) is 3. The van der Waals surface area contributed by atoms with Gasteiger partial charge in [0.05, 0.1) is 28.6 Å². The van der Waals surface area contributed by atoms with Crippen LogP contribution in [0.2, 0.25) is 0 Å². The van der Waals surface area contributed by atoms with Gasteiger partial charge in [-0.15, -0.1) is 0 Å². The maximum absolute atomic E-state index is 14.1. The Kier molecular flexibility index (Phi) is 12.3. The van der Waals surface area contributed by atoms with E-state index in [4.69, 9.17) is 5.26 Å². The van der Waals surface area contributed by atoms with Crippen molar-refractivity contribution in [1.82, 2.24) is 20.3 Å². The molecule has 2 aromatic rings. The Labute approximate surface area is 268 Å². The van der Waals surface area contributed by atoms with Crippen LogP contribution < -0.4 is 15.4 Å². The van der Waals surface area contributed by atoms with E-state index in [1.165, 1.54) is 36.1 Å². The number of hydrogen-bond acceptors (Lipinski definition) is 7. The SMILES string of the molecule is CNC(C(=O)NC(C(=O)N(C)C(C=C(C)C(=O)NS(=O)(=O)c1cccc(C#N)c1)C(C)C)C(C)(C)C)C(C)(C)c1ccccc1. The molecule has 3 amide bonds. The van der Waals surface area contributed by atoms with E-state index in [-0.39, 0.29) is 33.8 Å². The lowest BCUT2D eigenvalue weighted by Crippen LogP contribution is -2.61. The fourth-order valence-electron chi connectivity index (χ4n) is 5.16. The third-order valence-electron chi connectivity index (χ3n) is 7.95. The summed E-state index contributed by atoms with van der Waals surface area (Å²) in [4.78, 5) is 42.1. The quantitative estimate of drug-likeness (QED) is 0.299. The van der Waals surface area contributed by atoms with Gasteiger partial charge in [-0.05, 0) is 49.1 Å². The van der Waals surface area contributed by atoms with Crippen molar-refractivity contribution in [3.05, 3.63) is 77.4 Å². The number of nitrogens with one attached hydrogen (secondary N) is 3. The zero-order valence-electron chi connectivity index (χ0n) is 27.9. The minimum absolute atomic E-state index is 0.0876. The monoisotopic (exact) mass is 637 g/mol. The Balaban J connectivity index is 2.34. The molecule has 0 aliphatic heterocycles. The van der Waals surface area contributed by atoms with Crippen LogP contribution >= 0.6 is 0 Å². The van der Waals surface area contributed by atoms with Crippen LogP contribution in [0, 0.1) is 22.7 Å². The Morgan fingerprint density at radius 1 is 0.956 bits per heavy atom. The van der Waals surface area contributed by atoms with E-state index in [1.807, 2.05) is 89.6 Å². The van der Waals surface area contributed by atoms with Crippen LogP contribution in [0.15, 0.2) is 71.1 Å². The first kappa shape index (κ1) is 37.2. The van der Waals surface area contributed by atoms with E-state index < -0.39 is 44.9 Å². The third kappa shape index (κ3) is 9.25. The highest BCUT2D eigenvalue weighted by Gasteiger charge is 2.41. The summed E-state index contributed by atoms with van der Waals surface area (Å²) in [5, 5.41) is 15.2. The summed E-state index contributed by atoms with van der Waals surface area (Å²) in [6, 6.07) is 14.7. The van der Waals surface area contributed by atoms with E-state index >= 15 is 0 Å². The second-order valence-corrected chi connectivity index (χ2v) is 14.9. The molecule has 0 saturated heterocycles. The van der Waals surface area contributed by atoms with Gasteiger partial charge in [0.2, 0.25) is 11.8 Å². The highest BCUT2D eigenvalue weighted by atomic mass is 32.2. The number of rotatable bonds is 12. The molecule has 0 aliphatic carbocycles. The van der Waals surface area contributed by atoms with Crippen LogP contribution in [0.25, 0.3) is 0 Å². The van der Waals surface area contributed by atoms with Gasteiger partial charge in [-0.25, -0.2) is 13.1 Å². The van der Waals surface area contributed by atoms with E-state index in [9.17, 15) is 22.8 Å². The molecular formula is C34H47N5O5S. The first-order valence-corrected chi connectivity index (χ1v) is 16.3. The van der Waals surface area contributed by atoms with Gasteiger partial charge in [0.25, 0.3) is 15.9 Å². The van der Waals surface area contributed by atoms with Crippen molar-refractivity contribution in [3.8, 4) is 6.07 Å². The van der Waals surface area contributed by atoms with Gasteiger partial charge < -0.3 is 15.5 Å². The first-order valence-electron chi connectivity index (χ1n) is 14.8. The fourth-order valence-corrected chi connectivity index (χ4v) is 6.22. The van der Waals surface area contributed by atoms with Gasteiger partial charge >= 0.3 is 0 Å². The van der Waals surface area contributed by atoms with Gasteiger partial charge in [-0.1, -0.05) is 90.9 Å². The number of benzene rings is 2. The Morgan fingerprint density at radius 3 is 2.07 bits per heavy atom. The van der Waals surface area contributed by atoms with E-state index in [2.05, 4.69) is 10.6 Å². The zero-order valence-corrected chi connectivity index (χ0v) is 28.7. The molecule has 0 bridgehead atoms. The molecule has 10 nitrogen and oxygen atoms in total. The zero-order chi connectivity index (χ0) is 34.3. The van der Waals surface area contributed by atoms with Crippen LogP contribution in [0.5, 0.6) is 0 Å². The van der Waals surface area contributed by atoms with Crippen molar-refractivity contribution < 1.29 is 22.8 Å². The fraction of sp³-hybridized carbons (Fsp3) is 0.471. The number of carbonyl (C=O) groups is 3. The number of sulfonamides is 1. The van der Waals surface area contributed by atoms with Crippen LogP contribution in [-0.4, -0.2) is 63.3 Å². The van der Waals surface area contributed by atoms with Crippen molar-refractivity contribution >= 4 is 27.7 Å². The standard InChI is InChI=1S/C34H47N5O5S/c1-22(2)27(19-23(3)30(40)38-45(43,44)26-18-14-15-24(20-26)21-35)39(10)32(42)29(33(4,5)6)37-31(41)28(36-9)34(7,8)25-16-12-11-13-17-25/h11-20,22,27-29,36H,1-10H3,(H,37,41)(H,38,40). The highest BCUT2D eigenvalue weighted by Crippen LogP contribution is 2.29. The predicted molar refractivity (Wildman–Crippen MR) is 175 cm³/mol. The Bertz CT molecular complexity index is 1550. The van der Waals surface area contributed by atoms with Gasteiger partial charge in [-0.3, -0.25) is 14.4 Å². The maximum Gasteiger partial charge on any atom is 0.264 e. The van der Waals surface area contributed by atoms with Crippen LogP contribution in [0.3, 0.4) is 0 Å². The molecule has 0 heterocycles. The van der Waals surface area contributed by atoms with Crippen molar-refractivity contribution in [3.63, 3.8) is 0 Å². The summed E-state index contributed by atoms with van der Waals surface area (Å²) in [5.74, 6) is -1.70. The molecule has 0 spiro atoms. The molecule has 0 aliphatic rings. The number of amides is 3. The molecule has 244 valence electrons. The summed E-state index contributed by atoms with van der Waals surface area (Å²) >= 11 is 0. The van der Waals surface area contributed by atoms with Crippen molar-refractivity contribution in [2.24, 2.45) is 11.3 Å². The average molecular weight is 638 g/mol. The van der Waals surface area contributed by atoms with Crippen molar-refractivity contribution in [1.29, 1.82) is 5.26 Å².